The van der Waals surface area contributed by atoms with Crippen molar-refractivity contribution < 1.29 is 23.1 Å². The van der Waals surface area contributed by atoms with E-state index in [1.807, 2.05) is 17.0 Å². The second kappa shape index (κ2) is 10.5. The van der Waals surface area contributed by atoms with Crippen LogP contribution in [-0.2, 0) is 17.4 Å². The molecule has 168 valence electrons. The Morgan fingerprint density at radius 3 is 2.48 bits per heavy atom. The van der Waals surface area contributed by atoms with Gasteiger partial charge in [0, 0.05) is 44.8 Å². The van der Waals surface area contributed by atoms with Crippen LogP contribution >= 0.6 is 0 Å². The second-order valence-electron chi connectivity index (χ2n) is 7.71. The lowest BCUT2D eigenvalue weighted by Crippen LogP contribution is -2.47. The first kappa shape index (κ1) is 22.9. The van der Waals surface area contributed by atoms with Crippen molar-refractivity contribution in [2.45, 2.75) is 25.4 Å². The molecule has 1 aliphatic rings. The van der Waals surface area contributed by atoms with Gasteiger partial charge in [0.2, 0.25) is 5.91 Å². The average Bonchev–Trinajstić information content (AvgIpc) is 2.76. The number of halogens is 3. The predicted molar refractivity (Wildman–Crippen MR) is 114 cm³/mol. The number of carbonyl (C=O) groups is 1. The van der Waals surface area contributed by atoms with Crippen LogP contribution in [0.25, 0.3) is 0 Å². The number of hydrogen-bond donors (Lipinski definition) is 2. The van der Waals surface area contributed by atoms with Crippen LogP contribution in [0.3, 0.4) is 0 Å². The Bertz CT molecular complexity index is 865. The molecule has 0 aromatic heterocycles. The second-order valence-corrected chi connectivity index (χ2v) is 7.71. The number of carbonyl (C=O) groups excluding carboxylic acids is 1. The van der Waals surface area contributed by atoms with E-state index in [-0.39, 0.29) is 11.7 Å². The van der Waals surface area contributed by atoms with E-state index in [4.69, 9.17) is 0 Å². The number of phenolic OH excluding ortho intramolecular Hbond substituents is 1. The highest BCUT2D eigenvalue weighted by atomic mass is 19.4. The number of rotatable bonds is 8. The van der Waals surface area contributed by atoms with E-state index >= 15 is 0 Å². The van der Waals surface area contributed by atoms with Gasteiger partial charge in [-0.05, 0) is 49.2 Å². The van der Waals surface area contributed by atoms with Crippen LogP contribution in [0.4, 0.5) is 18.9 Å². The first-order chi connectivity index (χ1) is 14.8. The zero-order valence-corrected chi connectivity index (χ0v) is 17.4. The van der Waals surface area contributed by atoms with Crippen LogP contribution in [0.15, 0.2) is 48.5 Å². The van der Waals surface area contributed by atoms with Crippen molar-refractivity contribution in [1.82, 2.24) is 10.2 Å². The van der Waals surface area contributed by atoms with Crippen LogP contribution in [0.5, 0.6) is 5.75 Å². The van der Waals surface area contributed by atoms with Crippen molar-refractivity contribution in [1.29, 1.82) is 0 Å². The monoisotopic (exact) mass is 435 g/mol. The van der Waals surface area contributed by atoms with Gasteiger partial charge in [0.15, 0.2) is 0 Å². The van der Waals surface area contributed by atoms with E-state index in [9.17, 15) is 23.1 Å². The maximum atomic E-state index is 12.9. The number of piperazine rings is 1. The molecule has 2 N–H and O–H groups in total. The Morgan fingerprint density at radius 2 is 1.77 bits per heavy atom. The molecular weight excluding hydrogens is 407 g/mol. The fourth-order valence-corrected chi connectivity index (χ4v) is 3.70. The number of benzene rings is 2. The summed E-state index contributed by atoms with van der Waals surface area (Å²) in [5.74, 6) is 0.164. The summed E-state index contributed by atoms with van der Waals surface area (Å²) in [5.41, 5.74) is 0.744. The number of nitrogens with one attached hydrogen (secondary N) is 1. The van der Waals surface area contributed by atoms with Gasteiger partial charge in [0.25, 0.3) is 0 Å². The zero-order chi connectivity index (χ0) is 22.3. The van der Waals surface area contributed by atoms with Crippen molar-refractivity contribution in [3.63, 3.8) is 0 Å². The number of phenols is 1. The average molecular weight is 435 g/mol. The number of alkyl halides is 3. The zero-order valence-electron chi connectivity index (χ0n) is 17.4. The highest BCUT2D eigenvalue weighted by molar-refractivity contribution is 5.76. The molecule has 31 heavy (non-hydrogen) atoms. The van der Waals surface area contributed by atoms with Gasteiger partial charge in [-0.2, -0.15) is 13.2 Å². The Hall–Kier alpha value is -2.74. The third kappa shape index (κ3) is 6.89. The fourth-order valence-electron chi connectivity index (χ4n) is 3.70. The normalized spacial score (nSPS) is 15.1. The molecule has 8 heteroatoms. The molecule has 3 rings (SSSR count). The quantitative estimate of drug-likeness (QED) is 0.622. The Labute approximate surface area is 180 Å². The van der Waals surface area contributed by atoms with E-state index in [2.05, 4.69) is 10.2 Å². The van der Waals surface area contributed by atoms with Crippen LogP contribution in [0, 0.1) is 0 Å². The molecule has 0 bridgehead atoms. The molecule has 0 saturated carbocycles. The number of para-hydroxylation sites is 1. The third-order valence-electron chi connectivity index (χ3n) is 5.50. The van der Waals surface area contributed by atoms with Crippen molar-refractivity contribution in [2.24, 2.45) is 0 Å². The maximum absolute atomic E-state index is 12.9. The molecule has 1 amide bonds. The van der Waals surface area contributed by atoms with Gasteiger partial charge in [-0.3, -0.25) is 9.69 Å². The Balaban J connectivity index is 1.33. The van der Waals surface area contributed by atoms with Crippen molar-refractivity contribution in [3.8, 4) is 5.75 Å². The molecular formula is C23H28F3N3O2. The molecule has 2 aromatic rings. The van der Waals surface area contributed by atoms with Crippen molar-refractivity contribution >= 4 is 11.6 Å². The standard InChI is InChI=1S/C23H28F3N3O2/c24-23(25,26)19-6-3-7-20(17-19)29-15-13-28(14-16-29)12-4-11-27-22(31)10-9-18-5-1-2-8-21(18)30/h1-3,5-8,17,30H,4,9-16H2,(H,27,31). The van der Waals surface area contributed by atoms with Crippen molar-refractivity contribution in [2.75, 3.05) is 44.2 Å². The van der Waals surface area contributed by atoms with E-state index in [1.165, 1.54) is 12.1 Å². The Morgan fingerprint density at radius 1 is 1.03 bits per heavy atom. The predicted octanol–water partition coefficient (Wildman–Crippen LogP) is 3.67. The summed E-state index contributed by atoms with van der Waals surface area (Å²) in [6, 6.07) is 12.5. The first-order valence-electron chi connectivity index (χ1n) is 10.5. The molecule has 0 atom stereocenters. The fraction of sp³-hybridized carbons (Fsp3) is 0.435. The number of amides is 1. The van der Waals surface area contributed by atoms with Gasteiger partial charge in [-0.25, -0.2) is 0 Å². The summed E-state index contributed by atoms with van der Waals surface area (Å²) < 4.78 is 38.7. The molecule has 1 saturated heterocycles. The lowest BCUT2D eigenvalue weighted by Gasteiger charge is -2.36. The summed E-state index contributed by atoms with van der Waals surface area (Å²) in [6.07, 6.45) is -2.70. The van der Waals surface area contributed by atoms with Gasteiger partial charge in [0.05, 0.1) is 5.56 Å². The molecule has 5 nitrogen and oxygen atoms in total. The summed E-state index contributed by atoms with van der Waals surface area (Å²) in [4.78, 5) is 16.2. The number of nitrogens with zero attached hydrogens (tertiary/aromatic N) is 2. The third-order valence-corrected chi connectivity index (χ3v) is 5.50. The summed E-state index contributed by atoms with van der Waals surface area (Å²) in [6.45, 7) is 4.31. The van der Waals surface area contributed by atoms with Crippen LogP contribution in [0.2, 0.25) is 0 Å². The number of anilines is 1. The molecule has 0 aliphatic carbocycles. The topological polar surface area (TPSA) is 55.8 Å². The number of aryl methyl sites for hydroxylation is 1. The van der Waals surface area contributed by atoms with Gasteiger partial charge < -0.3 is 15.3 Å². The summed E-state index contributed by atoms with van der Waals surface area (Å²) in [7, 11) is 0. The largest absolute Gasteiger partial charge is 0.508 e. The molecule has 1 fully saturated rings. The minimum Gasteiger partial charge on any atom is -0.508 e. The molecule has 0 unspecified atom stereocenters. The van der Waals surface area contributed by atoms with Crippen LogP contribution < -0.4 is 10.2 Å². The smallest absolute Gasteiger partial charge is 0.416 e. The van der Waals surface area contributed by atoms with E-state index in [1.54, 1.807) is 18.2 Å². The van der Waals surface area contributed by atoms with E-state index < -0.39 is 11.7 Å². The SMILES string of the molecule is O=C(CCc1ccccc1O)NCCCN1CCN(c2cccc(C(F)(F)F)c2)CC1. The highest BCUT2D eigenvalue weighted by Gasteiger charge is 2.31. The molecule has 1 heterocycles. The summed E-state index contributed by atoms with van der Waals surface area (Å²) in [5, 5.41) is 12.6. The van der Waals surface area contributed by atoms with Crippen LogP contribution in [0.1, 0.15) is 24.0 Å². The van der Waals surface area contributed by atoms with Crippen molar-refractivity contribution in [3.05, 3.63) is 59.7 Å². The lowest BCUT2D eigenvalue weighted by atomic mass is 10.1. The van der Waals surface area contributed by atoms with E-state index in [0.29, 0.717) is 38.2 Å². The number of hydrogen-bond acceptors (Lipinski definition) is 4. The molecule has 0 spiro atoms. The van der Waals surface area contributed by atoms with Crippen LogP contribution in [-0.4, -0.2) is 55.2 Å². The van der Waals surface area contributed by atoms with Gasteiger partial charge >= 0.3 is 6.18 Å². The molecule has 0 radical (unpaired) electrons. The minimum absolute atomic E-state index is 0.0439. The molecule has 1 aliphatic heterocycles. The number of aromatic hydroxyl groups is 1. The van der Waals surface area contributed by atoms with Gasteiger partial charge in [-0.1, -0.05) is 24.3 Å². The van der Waals surface area contributed by atoms with Gasteiger partial charge in [-0.15, -0.1) is 0 Å². The summed E-state index contributed by atoms with van der Waals surface area (Å²) >= 11 is 0. The maximum Gasteiger partial charge on any atom is 0.416 e. The highest BCUT2D eigenvalue weighted by Crippen LogP contribution is 2.31. The van der Waals surface area contributed by atoms with Gasteiger partial charge in [0.1, 0.15) is 5.75 Å². The van der Waals surface area contributed by atoms with E-state index in [0.717, 1.165) is 37.7 Å². The Kier molecular flexibility index (Phi) is 7.79. The molecule has 2 aromatic carbocycles. The minimum atomic E-state index is -4.33. The first-order valence-corrected chi connectivity index (χ1v) is 10.5. The lowest BCUT2D eigenvalue weighted by molar-refractivity contribution is -0.137.